The Hall–Kier alpha value is -1.86. The third kappa shape index (κ3) is 2.93. The maximum absolute atomic E-state index is 13.2. The van der Waals surface area contributed by atoms with E-state index in [1.807, 2.05) is 7.05 Å². The number of ether oxygens (including phenoxy) is 1. The number of hydrogen-bond acceptors (Lipinski definition) is 5. The molecule has 1 aromatic carbocycles. The lowest BCUT2D eigenvalue weighted by Crippen LogP contribution is -2.39. The highest BCUT2D eigenvalue weighted by atomic mass is 19.1. The molecule has 1 aliphatic heterocycles. The van der Waals surface area contributed by atoms with E-state index >= 15 is 0 Å². The highest BCUT2D eigenvalue weighted by Crippen LogP contribution is 2.27. The molecule has 2 aromatic rings. The highest BCUT2D eigenvalue weighted by Gasteiger charge is 2.30. The van der Waals surface area contributed by atoms with Gasteiger partial charge in [0.05, 0.1) is 12.5 Å². The van der Waals surface area contributed by atoms with Crippen LogP contribution in [0.1, 0.15) is 18.2 Å². The lowest BCUT2D eigenvalue weighted by Gasteiger charge is -2.28. The number of aromatic nitrogens is 2. The van der Waals surface area contributed by atoms with Crippen LogP contribution in [0.3, 0.4) is 0 Å². The van der Waals surface area contributed by atoms with E-state index in [1.165, 1.54) is 12.1 Å². The third-order valence-corrected chi connectivity index (χ3v) is 3.61. The van der Waals surface area contributed by atoms with Gasteiger partial charge in [-0.15, -0.1) is 0 Å². The summed E-state index contributed by atoms with van der Waals surface area (Å²) in [5.74, 6) is -0.836. The fourth-order valence-corrected chi connectivity index (χ4v) is 2.51. The number of likely N-dealkylation sites (N-methyl/N-ethyl adjacent to an activating group) is 1. The lowest BCUT2D eigenvalue weighted by atomic mass is 9.96. The van der Waals surface area contributed by atoms with Gasteiger partial charge in [-0.25, -0.2) is 8.78 Å². The summed E-state index contributed by atoms with van der Waals surface area (Å²) in [4.78, 5) is 4.25. The number of halogens is 2. The molecular formula is C14H15F2N3O2. The number of nitrogens with one attached hydrogen (secondary N) is 1. The van der Waals surface area contributed by atoms with Crippen LogP contribution in [0.25, 0.3) is 11.4 Å². The number of hydrogen-bond donors (Lipinski definition) is 1. The second-order valence-electron chi connectivity index (χ2n) is 4.98. The van der Waals surface area contributed by atoms with Crippen molar-refractivity contribution in [1.29, 1.82) is 0 Å². The van der Waals surface area contributed by atoms with Crippen molar-refractivity contribution >= 4 is 0 Å². The maximum atomic E-state index is 13.2. The Morgan fingerprint density at radius 2 is 2.00 bits per heavy atom. The van der Waals surface area contributed by atoms with Gasteiger partial charge in [-0.2, -0.15) is 4.98 Å². The topological polar surface area (TPSA) is 60.2 Å². The van der Waals surface area contributed by atoms with Crippen LogP contribution in [0.15, 0.2) is 22.7 Å². The Morgan fingerprint density at radius 3 is 2.71 bits per heavy atom. The van der Waals surface area contributed by atoms with E-state index in [1.54, 1.807) is 0 Å². The van der Waals surface area contributed by atoms with Crippen LogP contribution in [0.2, 0.25) is 0 Å². The number of rotatable bonds is 3. The molecule has 3 rings (SSSR count). The fraction of sp³-hybridized carbons (Fsp3) is 0.429. The molecule has 0 amide bonds. The molecule has 1 fully saturated rings. The average Bonchev–Trinajstić information content (AvgIpc) is 2.96. The molecular weight excluding hydrogens is 280 g/mol. The Bertz CT molecular complexity index is 612. The van der Waals surface area contributed by atoms with Crippen LogP contribution in [0.4, 0.5) is 8.78 Å². The summed E-state index contributed by atoms with van der Waals surface area (Å²) in [6.07, 6.45) is 0.841. The molecule has 0 radical (unpaired) electrons. The van der Waals surface area contributed by atoms with Crippen molar-refractivity contribution in [3.63, 3.8) is 0 Å². The second-order valence-corrected chi connectivity index (χ2v) is 4.98. The van der Waals surface area contributed by atoms with Crippen molar-refractivity contribution in [2.24, 2.45) is 0 Å². The van der Waals surface area contributed by atoms with Gasteiger partial charge in [0, 0.05) is 24.3 Å². The molecule has 2 heterocycles. The molecule has 1 aliphatic rings. The molecule has 1 N–H and O–H groups in total. The first-order valence-electron chi connectivity index (χ1n) is 6.72. The van der Waals surface area contributed by atoms with Crippen molar-refractivity contribution in [1.82, 2.24) is 15.5 Å². The summed E-state index contributed by atoms with van der Waals surface area (Å²) < 4.78 is 37.1. The average molecular weight is 295 g/mol. The minimum atomic E-state index is -0.676. The minimum absolute atomic E-state index is 0.0663. The molecule has 1 aromatic heterocycles. The predicted octanol–water partition coefficient (Wildman–Crippen LogP) is 2.11. The van der Waals surface area contributed by atoms with Gasteiger partial charge in [-0.05, 0) is 25.6 Å². The van der Waals surface area contributed by atoms with Crippen LogP contribution >= 0.6 is 0 Å². The van der Waals surface area contributed by atoms with Crippen LogP contribution in [-0.4, -0.2) is 36.4 Å². The SMILES string of the molecule is CNC1CCOCC1c1nc(-c2cc(F)cc(F)c2)no1. The van der Waals surface area contributed by atoms with E-state index in [2.05, 4.69) is 15.5 Å². The smallest absolute Gasteiger partial charge is 0.233 e. The Balaban J connectivity index is 1.88. The second kappa shape index (κ2) is 5.87. The molecule has 112 valence electrons. The van der Waals surface area contributed by atoms with Crippen LogP contribution in [-0.2, 0) is 4.74 Å². The lowest BCUT2D eigenvalue weighted by molar-refractivity contribution is 0.0516. The van der Waals surface area contributed by atoms with Crippen LogP contribution < -0.4 is 5.32 Å². The van der Waals surface area contributed by atoms with Gasteiger partial charge in [0.15, 0.2) is 0 Å². The fourth-order valence-electron chi connectivity index (χ4n) is 2.51. The summed E-state index contributed by atoms with van der Waals surface area (Å²) in [7, 11) is 1.86. The Labute approximate surface area is 120 Å². The van der Waals surface area contributed by atoms with Gasteiger partial charge in [-0.3, -0.25) is 0 Å². The summed E-state index contributed by atoms with van der Waals surface area (Å²) in [6, 6.07) is 3.32. The summed E-state index contributed by atoms with van der Waals surface area (Å²) >= 11 is 0. The molecule has 2 unspecified atom stereocenters. The van der Waals surface area contributed by atoms with E-state index in [0.717, 1.165) is 12.5 Å². The van der Waals surface area contributed by atoms with Crippen molar-refractivity contribution < 1.29 is 18.0 Å². The van der Waals surface area contributed by atoms with E-state index in [-0.39, 0.29) is 23.3 Å². The highest BCUT2D eigenvalue weighted by molar-refractivity contribution is 5.54. The van der Waals surface area contributed by atoms with Crippen molar-refractivity contribution in [3.8, 4) is 11.4 Å². The quantitative estimate of drug-likeness (QED) is 0.939. The Kier molecular flexibility index (Phi) is 3.94. The van der Waals surface area contributed by atoms with E-state index in [0.29, 0.717) is 19.1 Å². The van der Waals surface area contributed by atoms with Crippen molar-refractivity contribution in [2.75, 3.05) is 20.3 Å². The molecule has 0 aliphatic carbocycles. The normalized spacial score (nSPS) is 22.4. The third-order valence-electron chi connectivity index (χ3n) is 3.61. The van der Waals surface area contributed by atoms with Gasteiger partial charge < -0.3 is 14.6 Å². The zero-order chi connectivity index (χ0) is 14.8. The molecule has 0 saturated carbocycles. The van der Waals surface area contributed by atoms with Gasteiger partial charge in [0.1, 0.15) is 11.6 Å². The summed E-state index contributed by atoms with van der Waals surface area (Å²) in [5, 5.41) is 7.00. The van der Waals surface area contributed by atoms with Crippen LogP contribution in [0.5, 0.6) is 0 Å². The monoisotopic (exact) mass is 295 g/mol. The van der Waals surface area contributed by atoms with E-state index in [9.17, 15) is 8.78 Å². The maximum Gasteiger partial charge on any atom is 0.233 e. The zero-order valence-corrected chi connectivity index (χ0v) is 11.5. The largest absolute Gasteiger partial charge is 0.381 e. The molecule has 7 heteroatoms. The zero-order valence-electron chi connectivity index (χ0n) is 11.5. The van der Waals surface area contributed by atoms with Gasteiger partial charge in [-0.1, -0.05) is 5.16 Å². The molecule has 21 heavy (non-hydrogen) atoms. The minimum Gasteiger partial charge on any atom is -0.381 e. The van der Waals surface area contributed by atoms with Crippen LogP contribution in [0, 0.1) is 11.6 Å². The molecule has 5 nitrogen and oxygen atoms in total. The van der Waals surface area contributed by atoms with Crippen molar-refractivity contribution in [2.45, 2.75) is 18.4 Å². The standard InChI is InChI=1S/C14H15F2N3O2/c1-17-12-2-3-20-7-11(12)14-18-13(19-21-14)8-4-9(15)6-10(16)5-8/h4-6,11-12,17H,2-3,7H2,1H3. The van der Waals surface area contributed by atoms with Gasteiger partial charge >= 0.3 is 0 Å². The van der Waals surface area contributed by atoms with Gasteiger partial charge in [0.2, 0.25) is 11.7 Å². The molecule has 0 bridgehead atoms. The first-order valence-corrected chi connectivity index (χ1v) is 6.72. The molecule has 1 saturated heterocycles. The molecule has 0 spiro atoms. The number of nitrogens with zero attached hydrogens (tertiary/aromatic N) is 2. The van der Waals surface area contributed by atoms with E-state index < -0.39 is 11.6 Å². The summed E-state index contributed by atoms with van der Waals surface area (Å²) in [6.45, 7) is 1.16. The first-order chi connectivity index (χ1) is 10.2. The first kappa shape index (κ1) is 14.1. The number of benzene rings is 1. The summed E-state index contributed by atoms with van der Waals surface area (Å²) in [5.41, 5.74) is 0.250. The Morgan fingerprint density at radius 1 is 1.24 bits per heavy atom. The van der Waals surface area contributed by atoms with E-state index in [4.69, 9.17) is 9.26 Å². The van der Waals surface area contributed by atoms with Crippen molar-refractivity contribution in [3.05, 3.63) is 35.7 Å². The molecule has 2 atom stereocenters. The predicted molar refractivity (Wildman–Crippen MR) is 70.7 cm³/mol. The van der Waals surface area contributed by atoms with Gasteiger partial charge in [0.25, 0.3) is 0 Å².